The van der Waals surface area contributed by atoms with Gasteiger partial charge in [0.15, 0.2) is 5.60 Å². The van der Waals surface area contributed by atoms with Crippen LogP contribution in [0.4, 0.5) is 27.6 Å². The van der Waals surface area contributed by atoms with Crippen LogP contribution in [0.25, 0.3) is 0 Å². The Morgan fingerprint density at radius 2 is 1.51 bits per heavy atom. The number of carbonyl (C=O) groups excluding carboxylic acids is 3. The first-order chi connectivity index (χ1) is 26.7. The second kappa shape index (κ2) is 17.3. The van der Waals surface area contributed by atoms with Gasteiger partial charge in [0, 0.05) is 31.8 Å². The van der Waals surface area contributed by atoms with Crippen molar-refractivity contribution in [1.29, 1.82) is 0 Å². The van der Waals surface area contributed by atoms with Crippen LogP contribution in [0.1, 0.15) is 96.5 Å². The highest BCUT2D eigenvalue weighted by Gasteiger charge is 2.50. The van der Waals surface area contributed by atoms with Crippen molar-refractivity contribution >= 4 is 42.1 Å². The predicted octanol–water partition coefficient (Wildman–Crippen LogP) is 7.97. The zero-order valence-electron chi connectivity index (χ0n) is 33.7. The topological polar surface area (TPSA) is 88.2 Å². The Hall–Kier alpha value is -4.30. The molecule has 2 aliphatic rings. The highest BCUT2D eigenvalue weighted by molar-refractivity contribution is 6.99. The number of alkyl halides is 5. The van der Waals surface area contributed by atoms with Gasteiger partial charge in [-0.15, -0.1) is 0 Å². The smallest absolute Gasteiger partial charge is 0.417 e. The van der Waals surface area contributed by atoms with E-state index in [1.165, 1.54) is 29.1 Å². The predicted molar refractivity (Wildman–Crippen MR) is 213 cm³/mol. The third kappa shape index (κ3) is 9.38. The lowest BCUT2D eigenvalue weighted by Crippen LogP contribution is -2.66. The highest BCUT2D eigenvalue weighted by atomic mass is 28.4. The van der Waals surface area contributed by atoms with Crippen molar-refractivity contribution in [2.75, 3.05) is 24.6 Å². The van der Waals surface area contributed by atoms with Crippen LogP contribution >= 0.6 is 0 Å². The van der Waals surface area contributed by atoms with E-state index in [4.69, 9.17) is 9.16 Å². The van der Waals surface area contributed by atoms with Gasteiger partial charge in [-0.1, -0.05) is 81.4 Å². The molecule has 14 heteroatoms. The minimum atomic E-state index is -4.95. The molecule has 1 N–H and O–H groups in total. The van der Waals surface area contributed by atoms with Gasteiger partial charge >= 0.3 is 12.6 Å². The quantitative estimate of drug-likeness (QED) is 0.140. The van der Waals surface area contributed by atoms with Crippen molar-refractivity contribution in [3.63, 3.8) is 0 Å². The molecule has 3 aromatic rings. The Morgan fingerprint density at radius 3 is 2.00 bits per heavy atom. The number of hydrogen-bond acceptors (Lipinski definition) is 5. The lowest BCUT2D eigenvalue weighted by atomic mass is 9.83. The molecule has 1 aliphatic heterocycles. The van der Waals surface area contributed by atoms with Crippen molar-refractivity contribution in [3.05, 3.63) is 83.9 Å². The van der Waals surface area contributed by atoms with E-state index in [0.717, 1.165) is 36.3 Å². The van der Waals surface area contributed by atoms with E-state index in [1.807, 2.05) is 41.7 Å². The zero-order chi connectivity index (χ0) is 41.9. The highest BCUT2D eigenvalue weighted by Crippen LogP contribution is 2.45. The Bertz CT molecular complexity index is 1840. The van der Waals surface area contributed by atoms with Gasteiger partial charge in [-0.25, -0.2) is 0 Å². The molecule has 1 saturated carbocycles. The van der Waals surface area contributed by atoms with E-state index in [2.05, 4.69) is 45.0 Å². The maximum Gasteiger partial charge on any atom is 0.417 e. The van der Waals surface area contributed by atoms with Crippen LogP contribution in [0, 0.1) is 5.92 Å². The summed E-state index contributed by atoms with van der Waals surface area (Å²) in [5.41, 5.74) is -3.58. The number of hydrogen-bond donors (Lipinski definition) is 1. The van der Waals surface area contributed by atoms with Gasteiger partial charge in [-0.05, 0) is 93.3 Å². The second-order valence-corrected chi connectivity index (χ2v) is 21.1. The number of fused-ring (bicyclic) bond motifs is 1. The number of halogens is 5. The summed E-state index contributed by atoms with van der Waals surface area (Å²) >= 11 is 0. The monoisotopic (exact) mass is 815 g/mol. The van der Waals surface area contributed by atoms with E-state index in [1.54, 1.807) is 13.8 Å². The molecule has 0 bridgehead atoms. The van der Waals surface area contributed by atoms with Crippen LogP contribution in [-0.4, -0.2) is 74.7 Å². The molecule has 0 unspecified atom stereocenters. The number of ether oxygens (including phenoxy) is 1. The molecule has 0 saturated heterocycles. The molecule has 1 heterocycles. The summed E-state index contributed by atoms with van der Waals surface area (Å²) in [6.45, 7) is 12.8. The summed E-state index contributed by atoms with van der Waals surface area (Å²) in [7, 11) is -2.73. The minimum Gasteiger partial charge on any atom is -0.476 e. The third-order valence-electron chi connectivity index (χ3n) is 11.1. The molecule has 5 rings (SSSR count). The van der Waals surface area contributed by atoms with Crippen molar-refractivity contribution in [1.82, 2.24) is 10.2 Å². The molecule has 0 aromatic heterocycles. The molecule has 0 atom stereocenters. The average molecular weight is 816 g/mol. The summed E-state index contributed by atoms with van der Waals surface area (Å²) in [5.74, 6) is -3.05. The van der Waals surface area contributed by atoms with E-state index in [9.17, 15) is 36.3 Å². The first-order valence-corrected chi connectivity index (χ1v) is 21.5. The van der Waals surface area contributed by atoms with Crippen LogP contribution in [0.5, 0.6) is 5.75 Å². The Morgan fingerprint density at radius 1 is 0.947 bits per heavy atom. The third-order valence-corrected chi connectivity index (χ3v) is 16.2. The van der Waals surface area contributed by atoms with Crippen LogP contribution < -0.4 is 25.3 Å². The van der Waals surface area contributed by atoms with Crippen LogP contribution in [0.3, 0.4) is 0 Å². The molecular formula is C43H54F5N3O5Si. The van der Waals surface area contributed by atoms with E-state index in [-0.39, 0.29) is 29.1 Å². The van der Waals surface area contributed by atoms with Crippen molar-refractivity contribution < 1.29 is 45.5 Å². The van der Waals surface area contributed by atoms with Crippen molar-refractivity contribution in [2.45, 2.75) is 116 Å². The standard InChI is InChI=1S/C43H54F5N3O5Si/c1-28(2)51(30-20-18-29(19-21-30)22-25-55-57(41(3,4)5,31-14-10-8-11-15-31)32-16-12-9-13-17-32)39(53)33-26-35-36(27-34(33)43(46,47)48)56-42(6,7)40(54)50(35)24-23-49-38(52)37(44)45/h8-17,26-30,37H,18-25H2,1-7H3,(H,49,52)/t29-,30+. The van der Waals surface area contributed by atoms with Gasteiger partial charge in [0.2, 0.25) is 0 Å². The summed E-state index contributed by atoms with van der Waals surface area (Å²) < 4.78 is 82.7. The summed E-state index contributed by atoms with van der Waals surface area (Å²) in [6, 6.07) is 21.8. The van der Waals surface area contributed by atoms with E-state index < -0.39 is 68.0 Å². The number of amides is 3. The molecule has 57 heavy (non-hydrogen) atoms. The molecule has 1 fully saturated rings. The van der Waals surface area contributed by atoms with Crippen molar-refractivity contribution in [3.8, 4) is 5.75 Å². The first-order valence-electron chi connectivity index (χ1n) is 19.6. The molecule has 0 radical (unpaired) electrons. The van der Waals surface area contributed by atoms with E-state index in [0.29, 0.717) is 25.4 Å². The zero-order valence-corrected chi connectivity index (χ0v) is 34.7. The molecule has 1 aliphatic carbocycles. The largest absolute Gasteiger partial charge is 0.476 e. The van der Waals surface area contributed by atoms with E-state index >= 15 is 0 Å². The molecule has 0 spiro atoms. The van der Waals surface area contributed by atoms with Crippen LogP contribution in [0.2, 0.25) is 5.04 Å². The van der Waals surface area contributed by atoms with Gasteiger partial charge in [0.25, 0.3) is 26.0 Å². The number of carbonyl (C=O) groups is 3. The summed E-state index contributed by atoms with van der Waals surface area (Å²) in [6.07, 6.45) is -4.73. The lowest BCUT2D eigenvalue weighted by molar-refractivity contribution is -0.138. The Kier molecular flexibility index (Phi) is 13.3. The van der Waals surface area contributed by atoms with Gasteiger partial charge < -0.3 is 24.3 Å². The Labute approximate surface area is 333 Å². The van der Waals surface area contributed by atoms with Gasteiger partial charge in [-0.2, -0.15) is 22.0 Å². The Balaban J connectivity index is 1.35. The fourth-order valence-electron chi connectivity index (χ4n) is 8.43. The fourth-order valence-corrected chi connectivity index (χ4v) is 13.0. The maximum atomic E-state index is 14.7. The van der Waals surface area contributed by atoms with Crippen LogP contribution in [0.15, 0.2) is 72.8 Å². The second-order valence-electron chi connectivity index (χ2n) is 16.8. The molecule has 310 valence electrons. The maximum absolute atomic E-state index is 14.7. The van der Waals surface area contributed by atoms with Gasteiger partial charge in [0.05, 0.1) is 16.8 Å². The van der Waals surface area contributed by atoms with Gasteiger partial charge in [0.1, 0.15) is 5.75 Å². The molecule has 3 amide bonds. The summed E-state index contributed by atoms with van der Waals surface area (Å²) in [4.78, 5) is 41.9. The van der Waals surface area contributed by atoms with Crippen molar-refractivity contribution in [2.24, 2.45) is 5.92 Å². The SMILES string of the molecule is CC(C)N(C(=O)c1cc2c(cc1C(F)(F)F)OC(C)(C)C(=O)N2CCNC(=O)C(F)F)[C@H]1CC[C@@H](CCO[Si](c2ccccc2)(c2ccccc2)C(C)(C)C)CC1. The molecular weight excluding hydrogens is 762 g/mol. The lowest BCUT2D eigenvalue weighted by Gasteiger charge is -2.44. The summed E-state index contributed by atoms with van der Waals surface area (Å²) in [5, 5.41) is 4.23. The normalized spacial score (nSPS) is 18.6. The first kappa shape index (κ1) is 43.8. The minimum absolute atomic E-state index is 0.115. The molecule has 8 nitrogen and oxygen atoms in total. The average Bonchev–Trinajstić information content (AvgIpc) is 3.14. The van der Waals surface area contributed by atoms with Gasteiger partial charge in [-0.3, -0.25) is 14.4 Å². The number of anilines is 1. The number of nitrogens with zero attached hydrogens (tertiary/aromatic N) is 2. The number of nitrogens with one attached hydrogen (secondary N) is 1. The fraction of sp³-hybridized carbons (Fsp3) is 0.512. The molecule has 3 aromatic carbocycles. The van der Waals surface area contributed by atoms with Crippen LogP contribution in [-0.2, 0) is 20.2 Å². The number of rotatable bonds is 13. The number of benzene rings is 3.